The van der Waals surface area contributed by atoms with Crippen molar-refractivity contribution in [1.29, 1.82) is 0 Å². The number of nitrogens with zero attached hydrogens (tertiary/aromatic N) is 4. The van der Waals surface area contributed by atoms with Crippen molar-refractivity contribution in [2.24, 2.45) is 0 Å². The Morgan fingerprint density at radius 1 is 1.03 bits per heavy atom. The van der Waals surface area contributed by atoms with E-state index >= 15 is 0 Å². The molecule has 1 atom stereocenters. The first-order chi connectivity index (χ1) is 16.1. The molecule has 33 heavy (non-hydrogen) atoms. The Balaban J connectivity index is 1.40. The highest BCUT2D eigenvalue weighted by molar-refractivity contribution is 5.78. The van der Waals surface area contributed by atoms with Crippen LogP contribution in [0.25, 0.3) is 10.9 Å². The summed E-state index contributed by atoms with van der Waals surface area (Å²) in [7, 11) is 0. The summed E-state index contributed by atoms with van der Waals surface area (Å²) >= 11 is 0. The van der Waals surface area contributed by atoms with Gasteiger partial charge in [0.05, 0.1) is 18.0 Å². The molecule has 3 aromatic carbocycles. The van der Waals surface area contributed by atoms with E-state index in [1.807, 2.05) is 23.1 Å². The second kappa shape index (κ2) is 8.98. The fourth-order valence-electron chi connectivity index (χ4n) is 4.64. The molecule has 4 aromatic rings. The quantitative estimate of drug-likeness (QED) is 0.452. The Hall–Kier alpha value is -3.80. The molecular formula is C27H26N4O2. The molecule has 1 heterocycles. The zero-order valence-corrected chi connectivity index (χ0v) is 18.6. The largest absolute Gasteiger partial charge is 0.331 e. The van der Waals surface area contributed by atoms with Crippen LogP contribution in [-0.2, 0) is 24.3 Å². The normalized spacial score (nSPS) is 14.9. The van der Waals surface area contributed by atoms with Crippen molar-refractivity contribution in [2.75, 3.05) is 0 Å². The lowest BCUT2D eigenvalue weighted by Gasteiger charge is -2.30. The predicted molar refractivity (Wildman–Crippen MR) is 128 cm³/mol. The number of hydrogen-bond acceptors (Lipinski definition) is 4. The minimum Gasteiger partial charge on any atom is -0.331 e. The number of carbonyl (C=O) groups is 1. The van der Waals surface area contributed by atoms with Gasteiger partial charge in [0.25, 0.3) is 5.56 Å². The van der Waals surface area contributed by atoms with Crippen LogP contribution in [0, 0.1) is 6.92 Å². The van der Waals surface area contributed by atoms with E-state index in [0.29, 0.717) is 17.4 Å². The Kier molecular flexibility index (Phi) is 5.73. The van der Waals surface area contributed by atoms with Crippen LogP contribution in [-0.4, -0.2) is 25.8 Å². The minimum absolute atomic E-state index is 0.0131. The molecular weight excluding hydrogens is 412 g/mol. The summed E-state index contributed by atoms with van der Waals surface area (Å²) in [5, 5.41) is 8.70. The lowest BCUT2D eigenvalue weighted by molar-refractivity contribution is -0.134. The second-order valence-corrected chi connectivity index (χ2v) is 8.65. The number of aromatic nitrogens is 3. The van der Waals surface area contributed by atoms with Crippen LogP contribution >= 0.6 is 0 Å². The van der Waals surface area contributed by atoms with E-state index < -0.39 is 0 Å². The SMILES string of the molecule is Cc1ccc(CN(C(=O)CCn2nnc3ccccc3c2=O)C2CCc3ccccc32)cc1. The molecule has 166 valence electrons. The number of carbonyl (C=O) groups excluding carboxylic acids is 1. The summed E-state index contributed by atoms with van der Waals surface area (Å²) in [6.07, 6.45) is 2.07. The molecule has 0 saturated carbocycles. The number of aryl methyl sites for hydroxylation is 3. The van der Waals surface area contributed by atoms with E-state index in [0.717, 1.165) is 18.4 Å². The lowest BCUT2D eigenvalue weighted by atomic mass is 10.0. The summed E-state index contributed by atoms with van der Waals surface area (Å²) < 4.78 is 1.30. The monoisotopic (exact) mass is 438 g/mol. The maximum atomic E-state index is 13.5. The molecule has 0 radical (unpaired) electrons. The van der Waals surface area contributed by atoms with Crippen LogP contribution in [0.4, 0.5) is 0 Å². The number of amides is 1. The minimum atomic E-state index is -0.218. The molecule has 5 rings (SSSR count). The summed E-state index contributed by atoms with van der Waals surface area (Å²) in [5.41, 5.74) is 5.16. The van der Waals surface area contributed by atoms with E-state index in [1.54, 1.807) is 12.1 Å². The van der Waals surface area contributed by atoms with E-state index in [-0.39, 0.29) is 30.5 Å². The number of hydrogen-bond donors (Lipinski definition) is 0. The summed E-state index contributed by atoms with van der Waals surface area (Å²) in [6.45, 7) is 2.80. The van der Waals surface area contributed by atoms with Crippen molar-refractivity contribution in [3.05, 3.63) is 105 Å². The van der Waals surface area contributed by atoms with Gasteiger partial charge in [-0.05, 0) is 48.6 Å². The van der Waals surface area contributed by atoms with Gasteiger partial charge in [0.15, 0.2) is 0 Å². The van der Waals surface area contributed by atoms with Crippen LogP contribution in [0.3, 0.4) is 0 Å². The molecule has 0 aliphatic heterocycles. The molecule has 6 heteroatoms. The van der Waals surface area contributed by atoms with Gasteiger partial charge in [-0.1, -0.05) is 71.4 Å². The number of benzene rings is 3. The average Bonchev–Trinajstić information content (AvgIpc) is 3.27. The van der Waals surface area contributed by atoms with Crippen LogP contribution < -0.4 is 5.56 Å². The maximum Gasteiger partial charge on any atom is 0.277 e. The molecule has 6 nitrogen and oxygen atoms in total. The van der Waals surface area contributed by atoms with E-state index in [9.17, 15) is 9.59 Å². The first kappa shape index (κ1) is 21.1. The van der Waals surface area contributed by atoms with Crippen molar-refractivity contribution in [2.45, 2.75) is 45.3 Å². The highest BCUT2D eigenvalue weighted by Gasteiger charge is 2.30. The van der Waals surface area contributed by atoms with Gasteiger partial charge in [0.1, 0.15) is 5.52 Å². The van der Waals surface area contributed by atoms with Gasteiger partial charge >= 0.3 is 0 Å². The van der Waals surface area contributed by atoms with Gasteiger partial charge in [-0.15, -0.1) is 5.10 Å². The van der Waals surface area contributed by atoms with Crippen molar-refractivity contribution < 1.29 is 4.79 Å². The van der Waals surface area contributed by atoms with Gasteiger partial charge < -0.3 is 4.90 Å². The number of fused-ring (bicyclic) bond motifs is 2. The Morgan fingerprint density at radius 2 is 1.79 bits per heavy atom. The Labute approximate surface area is 192 Å². The zero-order chi connectivity index (χ0) is 22.8. The smallest absolute Gasteiger partial charge is 0.277 e. The van der Waals surface area contributed by atoms with Crippen molar-refractivity contribution in [1.82, 2.24) is 19.9 Å². The fraction of sp³-hybridized carbons (Fsp3) is 0.259. The molecule has 0 bridgehead atoms. The van der Waals surface area contributed by atoms with E-state index in [1.165, 1.54) is 21.4 Å². The standard InChI is InChI=1S/C27H26N4O2/c1-19-10-12-20(13-11-19)18-30(25-15-14-21-6-2-3-7-22(21)25)26(32)16-17-31-27(33)23-8-4-5-9-24(23)28-29-31/h2-13,25H,14-18H2,1H3. The van der Waals surface area contributed by atoms with Crippen LogP contribution in [0.1, 0.15) is 41.1 Å². The summed E-state index contributed by atoms with van der Waals surface area (Å²) in [4.78, 5) is 28.3. The van der Waals surface area contributed by atoms with E-state index in [2.05, 4.69) is 59.7 Å². The topological polar surface area (TPSA) is 68.1 Å². The maximum absolute atomic E-state index is 13.5. The molecule has 0 fully saturated rings. The molecule has 1 aliphatic carbocycles. The summed E-state index contributed by atoms with van der Waals surface area (Å²) in [5.74, 6) is 0.0131. The fourth-order valence-corrected chi connectivity index (χ4v) is 4.64. The Morgan fingerprint density at radius 3 is 2.64 bits per heavy atom. The van der Waals surface area contributed by atoms with Crippen LogP contribution in [0.15, 0.2) is 77.6 Å². The van der Waals surface area contributed by atoms with Crippen LogP contribution in [0.2, 0.25) is 0 Å². The third-order valence-electron chi connectivity index (χ3n) is 6.44. The van der Waals surface area contributed by atoms with Crippen molar-refractivity contribution in [3.8, 4) is 0 Å². The second-order valence-electron chi connectivity index (χ2n) is 8.65. The third-order valence-corrected chi connectivity index (χ3v) is 6.44. The molecule has 0 saturated heterocycles. The number of rotatable bonds is 6. The van der Waals surface area contributed by atoms with Gasteiger partial charge in [-0.25, -0.2) is 4.68 Å². The predicted octanol–water partition coefficient (Wildman–Crippen LogP) is 4.21. The third kappa shape index (κ3) is 4.29. The van der Waals surface area contributed by atoms with Gasteiger partial charge in [0, 0.05) is 13.0 Å². The van der Waals surface area contributed by atoms with E-state index in [4.69, 9.17) is 0 Å². The molecule has 1 unspecified atom stereocenters. The van der Waals surface area contributed by atoms with Crippen molar-refractivity contribution in [3.63, 3.8) is 0 Å². The van der Waals surface area contributed by atoms with Crippen LogP contribution in [0.5, 0.6) is 0 Å². The first-order valence-electron chi connectivity index (χ1n) is 11.4. The van der Waals surface area contributed by atoms with Crippen molar-refractivity contribution >= 4 is 16.8 Å². The molecule has 1 amide bonds. The van der Waals surface area contributed by atoms with Gasteiger partial charge in [-0.2, -0.15) is 0 Å². The molecule has 1 aliphatic rings. The molecule has 0 spiro atoms. The van der Waals surface area contributed by atoms with Gasteiger partial charge in [0.2, 0.25) is 5.91 Å². The molecule has 1 aromatic heterocycles. The highest BCUT2D eigenvalue weighted by atomic mass is 16.2. The first-order valence-corrected chi connectivity index (χ1v) is 11.4. The lowest BCUT2D eigenvalue weighted by Crippen LogP contribution is -2.35. The Bertz CT molecular complexity index is 1360. The molecule has 0 N–H and O–H groups in total. The summed E-state index contributed by atoms with van der Waals surface area (Å²) in [6, 6.07) is 23.8. The average molecular weight is 439 g/mol. The van der Waals surface area contributed by atoms with Gasteiger partial charge in [-0.3, -0.25) is 9.59 Å². The zero-order valence-electron chi connectivity index (χ0n) is 18.6. The highest BCUT2D eigenvalue weighted by Crippen LogP contribution is 2.36.